The summed E-state index contributed by atoms with van der Waals surface area (Å²) in [6.07, 6.45) is 3.04. The summed E-state index contributed by atoms with van der Waals surface area (Å²) in [7, 11) is 0. The molecule has 2 aromatic rings. The van der Waals surface area contributed by atoms with Gasteiger partial charge in [-0.3, -0.25) is 9.89 Å². The van der Waals surface area contributed by atoms with E-state index in [2.05, 4.69) is 25.2 Å². The van der Waals surface area contributed by atoms with Crippen LogP contribution in [0, 0.1) is 0 Å². The highest BCUT2D eigenvalue weighted by atomic mass is 16.5. The summed E-state index contributed by atoms with van der Waals surface area (Å²) in [5.41, 5.74) is 0.831. The summed E-state index contributed by atoms with van der Waals surface area (Å²) in [5.74, 6) is -0.0957. The van der Waals surface area contributed by atoms with Gasteiger partial charge in [0.05, 0.1) is 18.4 Å². The van der Waals surface area contributed by atoms with Crippen LogP contribution in [0.2, 0.25) is 0 Å². The molecule has 2 rings (SSSR count). The molecule has 0 saturated carbocycles. The Kier molecular flexibility index (Phi) is 2.26. The first-order valence-corrected chi connectivity index (χ1v) is 4.03. The van der Waals surface area contributed by atoms with Gasteiger partial charge in [0, 0.05) is 12.3 Å². The number of hydrogen-bond acceptors (Lipinski definition) is 4. The SMILES string of the molecule is O=C(NCc1ccn[nH]1)c1ccno1. The van der Waals surface area contributed by atoms with Gasteiger partial charge in [0.25, 0.3) is 5.91 Å². The lowest BCUT2D eigenvalue weighted by atomic mass is 10.4. The third-order valence-corrected chi connectivity index (χ3v) is 1.66. The molecule has 0 saturated heterocycles. The molecule has 2 N–H and O–H groups in total. The van der Waals surface area contributed by atoms with Crippen LogP contribution in [0.5, 0.6) is 0 Å². The van der Waals surface area contributed by atoms with Crippen LogP contribution in [0.25, 0.3) is 0 Å². The Morgan fingerprint density at radius 2 is 2.43 bits per heavy atom. The number of aromatic amines is 1. The van der Waals surface area contributed by atoms with E-state index < -0.39 is 0 Å². The second kappa shape index (κ2) is 3.73. The number of carbonyl (C=O) groups is 1. The number of aromatic nitrogens is 3. The standard InChI is InChI=1S/C8H8N4O2/c13-8(7-2-4-11-14-7)9-5-6-1-3-10-12-6/h1-4H,5H2,(H,9,13)(H,10,12). The number of H-pyrrole nitrogens is 1. The fraction of sp³-hybridized carbons (Fsp3) is 0.125. The molecular formula is C8H8N4O2. The summed E-state index contributed by atoms with van der Waals surface area (Å²) in [5, 5.41) is 12.6. The van der Waals surface area contributed by atoms with E-state index in [0.717, 1.165) is 5.69 Å². The maximum atomic E-state index is 11.3. The average molecular weight is 192 g/mol. The van der Waals surface area contributed by atoms with Gasteiger partial charge in [0.15, 0.2) is 0 Å². The monoisotopic (exact) mass is 192 g/mol. The van der Waals surface area contributed by atoms with Crippen LogP contribution in [0.3, 0.4) is 0 Å². The minimum Gasteiger partial charge on any atom is -0.351 e. The fourth-order valence-electron chi connectivity index (χ4n) is 0.979. The molecule has 2 heterocycles. The van der Waals surface area contributed by atoms with Crippen molar-refractivity contribution in [3.8, 4) is 0 Å². The lowest BCUT2D eigenvalue weighted by Gasteiger charge is -1.98. The Balaban J connectivity index is 1.90. The summed E-state index contributed by atoms with van der Waals surface area (Å²) in [6.45, 7) is 0.388. The first-order chi connectivity index (χ1) is 6.86. The van der Waals surface area contributed by atoms with Crippen molar-refractivity contribution in [2.75, 3.05) is 0 Å². The van der Waals surface area contributed by atoms with E-state index in [1.807, 2.05) is 0 Å². The minimum absolute atomic E-state index is 0.199. The van der Waals surface area contributed by atoms with Crippen molar-refractivity contribution in [3.05, 3.63) is 36.0 Å². The molecule has 1 amide bonds. The number of carbonyl (C=O) groups excluding carboxylic acids is 1. The molecule has 0 atom stereocenters. The van der Waals surface area contributed by atoms with Crippen LogP contribution in [0.15, 0.2) is 29.0 Å². The smallest absolute Gasteiger partial charge is 0.290 e. The van der Waals surface area contributed by atoms with Crippen LogP contribution in [0.1, 0.15) is 16.2 Å². The van der Waals surface area contributed by atoms with Gasteiger partial charge in [-0.15, -0.1) is 0 Å². The molecule has 0 bridgehead atoms. The van der Waals surface area contributed by atoms with Crippen molar-refractivity contribution in [3.63, 3.8) is 0 Å². The first-order valence-electron chi connectivity index (χ1n) is 4.03. The van der Waals surface area contributed by atoms with Gasteiger partial charge in [0.1, 0.15) is 0 Å². The van der Waals surface area contributed by atoms with Crippen LogP contribution >= 0.6 is 0 Å². The van der Waals surface area contributed by atoms with E-state index in [9.17, 15) is 4.79 Å². The summed E-state index contributed by atoms with van der Waals surface area (Å²) < 4.78 is 4.68. The highest BCUT2D eigenvalue weighted by molar-refractivity contribution is 5.91. The number of amides is 1. The summed E-state index contributed by atoms with van der Waals surface area (Å²) >= 11 is 0. The molecular weight excluding hydrogens is 184 g/mol. The van der Waals surface area contributed by atoms with Gasteiger partial charge in [-0.2, -0.15) is 5.10 Å². The average Bonchev–Trinajstić information content (AvgIpc) is 2.87. The molecule has 0 spiro atoms. The maximum absolute atomic E-state index is 11.3. The molecule has 14 heavy (non-hydrogen) atoms. The Hall–Kier alpha value is -2.11. The van der Waals surface area contributed by atoms with E-state index in [0.29, 0.717) is 6.54 Å². The zero-order chi connectivity index (χ0) is 9.80. The van der Waals surface area contributed by atoms with Gasteiger partial charge >= 0.3 is 0 Å². The highest BCUT2D eigenvalue weighted by Crippen LogP contribution is 1.97. The van der Waals surface area contributed by atoms with Crippen molar-refractivity contribution < 1.29 is 9.32 Å². The summed E-state index contributed by atoms with van der Waals surface area (Å²) in [6, 6.07) is 3.28. The molecule has 6 heteroatoms. The quantitative estimate of drug-likeness (QED) is 0.733. The van der Waals surface area contributed by atoms with Crippen molar-refractivity contribution in [1.82, 2.24) is 20.7 Å². The molecule has 0 aliphatic rings. The van der Waals surface area contributed by atoms with Crippen molar-refractivity contribution in [2.24, 2.45) is 0 Å². The van der Waals surface area contributed by atoms with Gasteiger partial charge in [-0.05, 0) is 6.07 Å². The minimum atomic E-state index is -0.294. The van der Waals surface area contributed by atoms with E-state index in [4.69, 9.17) is 0 Å². The van der Waals surface area contributed by atoms with Crippen LogP contribution in [0.4, 0.5) is 0 Å². The Morgan fingerprint density at radius 3 is 3.07 bits per heavy atom. The fourth-order valence-corrected chi connectivity index (χ4v) is 0.979. The molecule has 0 unspecified atom stereocenters. The summed E-state index contributed by atoms with van der Waals surface area (Å²) in [4.78, 5) is 11.3. The maximum Gasteiger partial charge on any atom is 0.290 e. The van der Waals surface area contributed by atoms with Crippen LogP contribution in [-0.4, -0.2) is 21.3 Å². The molecule has 0 fully saturated rings. The number of nitrogens with one attached hydrogen (secondary N) is 2. The predicted octanol–water partition coefficient (Wildman–Crippen LogP) is 0.328. The first kappa shape index (κ1) is 8.49. The molecule has 0 radical (unpaired) electrons. The number of nitrogens with zero attached hydrogens (tertiary/aromatic N) is 2. The third-order valence-electron chi connectivity index (χ3n) is 1.66. The second-order valence-electron chi connectivity index (χ2n) is 2.64. The van der Waals surface area contributed by atoms with E-state index in [1.54, 1.807) is 12.3 Å². The Morgan fingerprint density at radius 1 is 1.50 bits per heavy atom. The molecule has 72 valence electrons. The molecule has 0 aliphatic heterocycles. The van der Waals surface area contributed by atoms with Gasteiger partial charge < -0.3 is 9.84 Å². The third kappa shape index (κ3) is 1.79. The predicted molar refractivity (Wildman–Crippen MR) is 46.3 cm³/mol. The van der Waals surface area contributed by atoms with Crippen LogP contribution < -0.4 is 5.32 Å². The number of hydrogen-bond donors (Lipinski definition) is 2. The topological polar surface area (TPSA) is 83.8 Å². The zero-order valence-corrected chi connectivity index (χ0v) is 7.23. The zero-order valence-electron chi connectivity index (χ0n) is 7.23. The molecule has 6 nitrogen and oxygen atoms in total. The van der Waals surface area contributed by atoms with E-state index >= 15 is 0 Å². The second-order valence-corrected chi connectivity index (χ2v) is 2.64. The van der Waals surface area contributed by atoms with Crippen molar-refractivity contribution >= 4 is 5.91 Å². The Labute approximate surface area is 79.3 Å². The van der Waals surface area contributed by atoms with E-state index in [1.165, 1.54) is 12.3 Å². The van der Waals surface area contributed by atoms with Crippen LogP contribution in [-0.2, 0) is 6.54 Å². The van der Waals surface area contributed by atoms with E-state index in [-0.39, 0.29) is 11.7 Å². The lowest BCUT2D eigenvalue weighted by Crippen LogP contribution is -2.22. The van der Waals surface area contributed by atoms with Gasteiger partial charge in [-0.1, -0.05) is 5.16 Å². The molecule has 0 aromatic carbocycles. The lowest BCUT2D eigenvalue weighted by molar-refractivity contribution is 0.0913. The Bertz CT molecular complexity index is 393. The highest BCUT2D eigenvalue weighted by Gasteiger charge is 2.08. The van der Waals surface area contributed by atoms with Crippen molar-refractivity contribution in [2.45, 2.75) is 6.54 Å². The number of rotatable bonds is 3. The normalized spacial score (nSPS) is 10.0. The van der Waals surface area contributed by atoms with Crippen molar-refractivity contribution in [1.29, 1.82) is 0 Å². The molecule has 0 aliphatic carbocycles. The van der Waals surface area contributed by atoms with Gasteiger partial charge in [-0.25, -0.2) is 0 Å². The van der Waals surface area contributed by atoms with Gasteiger partial charge in [0.2, 0.25) is 5.76 Å². The largest absolute Gasteiger partial charge is 0.351 e. The molecule has 2 aromatic heterocycles.